The molecule has 0 saturated heterocycles. The number of fused-ring (bicyclic) bond motifs is 2. The van der Waals surface area contributed by atoms with Crippen LogP contribution in [0.5, 0.6) is 0 Å². The van der Waals surface area contributed by atoms with Crippen LogP contribution in [0.15, 0.2) is 10.1 Å². The third-order valence-corrected chi connectivity index (χ3v) is 7.73. The average Bonchev–Trinajstić information content (AvgIpc) is 2.48. The van der Waals surface area contributed by atoms with Gasteiger partial charge in [-0.25, -0.2) is 0 Å². The van der Waals surface area contributed by atoms with E-state index >= 15 is 0 Å². The van der Waals surface area contributed by atoms with E-state index in [0.717, 1.165) is 0 Å². The number of hydrogen-bond acceptors (Lipinski definition) is 2. The highest BCUT2D eigenvalue weighted by Crippen LogP contribution is 2.76. The Bertz CT molecular complexity index is 488. The fourth-order valence-corrected chi connectivity index (χ4v) is 5.54. The lowest BCUT2D eigenvalue weighted by Crippen LogP contribution is -2.45. The molecule has 114 valence electrons. The van der Waals surface area contributed by atoms with Crippen LogP contribution >= 0.6 is 82.0 Å². The Kier molecular flexibility index (Phi) is 4.80. The normalized spacial score (nSPS) is 41.5. The van der Waals surface area contributed by atoms with E-state index in [1.54, 1.807) is 0 Å². The Hall–Kier alpha value is 0.710. The lowest BCUT2D eigenvalue weighted by Gasteiger charge is -2.31. The first-order valence-corrected chi connectivity index (χ1v) is 7.00. The van der Waals surface area contributed by atoms with Crippen molar-refractivity contribution in [1.82, 2.24) is 0 Å². The van der Waals surface area contributed by atoms with Crippen molar-refractivity contribution in [2.75, 3.05) is 0 Å². The van der Waals surface area contributed by atoms with Gasteiger partial charge in [0.25, 0.3) is 0 Å². The van der Waals surface area contributed by atoms with E-state index in [9.17, 15) is 19.8 Å². The van der Waals surface area contributed by atoms with E-state index in [2.05, 4.69) is 0 Å². The smallest absolute Gasteiger partial charge is 0.309 e. The van der Waals surface area contributed by atoms with Gasteiger partial charge < -0.3 is 10.2 Å². The van der Waals surface area contributed by atoms with E-state index in [4.69, 9.17) is 69.6 Å². The molecule has 2 aliphatic rings. The summed E-state index contributed by atoms with van der Waals surface area (Å²) in [6.45, 7) is 0. The predicted octanol–water partition coefficient (Wildman–Crippen LogP) is 3.66. The summed E-state index contributed by atoms with van der Waals surface area (Å²) >= 11 is 36.2. The van der Waals surface area contributed by atoms with E-state index in [0.29, 0.717) is 0 Å². The second-order valence-corrected chi connectivity index (χ2v) is 7.53. The van der Waals surface area contributed by atoms with Crippen LogP contribution in [0, 0.1) is 11.8 Å². The lowest BCUT2D eigenvalue weighted by atomic mass is 9.82. The van der Waals surface area contributed by atoms with Gasteiger partial charge in [0, 0.05) is 0 Å². The standard InChI is InChI=1S/C9H4Cl6O4.ClH/c10-3-4(11)8(13)2(6(18)19)1(5(16)17)7(3,12)9(8,14)15;/h1-2H,(H,16,17)(H,18,19);1H. The Morgan fingerprint density at radius 2 is 1.10 bits per heavy atom. The molecule has 0 heterocycles. The number of aliphatic carboxylic acids is 2. The van der Waals surface area contributed by atoms with Gasteiger partial charge in [-0.3, -0.25) is 9.59 Å². The number of carboxylic acid groups (broad SMARTS) is 2. The zero-order chi connectivity index (χ0) is 15.0. The minimum atomic E-state index is -2.18. The fraction of sp³-hybridized carbons (Fsp3) is 0.556. The number of carbonyl (C=O) groups is 2. The molecule has 0 aromatic heterocycles. The average molecular weight is 425 g/mol. The molecule has 1 fully saturated rings. The van der Waals surface area contributed by atoms with Crippen LogP contribution in [0.3, 0.4) is 0 Å². The molecule has 4 nitrogen and oxygen atoms in total. The van der Waals surface area contributed by atoms with Crippen molar-refractivity contribution in [3.05, 3.63) is 10.1 Å². The van der Waals surface area contributed by atoms with Crippen LogP contribution in [0.1, 0.15) is 0 Å². The largest absolute Gasteiger partial charge is 0.481 e. The van der Waals surface area contributed by atoms with Gasteiger partial charge in [0.05, 0.1) is 21.9 Å². The number of rotatable bonds is 2. The quantitative estimate of drug-likeness (QED) is 0.663. The SMILES string of the molecule is Cl.O=C(O)C1C(C(=O)O)C2(Cl)C(Cl)=C(Cl)C1(Cl)C2(Cl)Cl. The molecule has 0 amide bonds. The van der Waals surface area contributed by atoms with Crippen molar-refractivity contribution in [2.24, 2.45) is 11.8 Å². The van der Waals surface area contributed by atoms with Gasteiger partial charge in [0.1, 0.15) is 9.75 Å². The molecule has 2 aliphatic carbocycles. The number of carboxylic acids is 2. The van der Waals surface area contributed by atoms with Crippen LogP contribution in [-0.4, -0.2) is 36.2 Å². The Morgan fingerprint density at radius 1 is 0.850 bits per heavy atom. The van der Waals surface area contributed by atoms with Gasteiger partial charge in [-0.1, -0.05) is 46.4 Å². The third kappa shape index (κ3) is 1.70. The Labute approximate surface area is 149 Å². The molecular weight excluding hydrogens is 420 g/mol. The zero-order valence-corrected chi connectivity index (χ0v) is 14.4. The summed E-state index contributed by atoms with van der Waals surface area (Å²) in [5.41, 5.74) is 0. The van der Waals surface area contributed by atoms with Gasteiger partial charge >= 0.3 is 11.9 Å². The number of halogens is 7. The van der Waals surface area contributed by atoms with Crippen molar-refractivity contribution in [3.8, 4) is 0 Å². The lowest BCUT2D eigenvalue weighted by molar-refractivity contribution is -0.153. The molecule has 0 aromatic rings. The maximum absolute atomic E-state index is 11.3. The van der Waals surface area contributed by atoms with E-state index in [-0.39, 0.29) is 22.5 Å². The van der Waals surface area contributed by atoms with Crippen LogP contribution in [0.25, 0.3) is 0 Å². The Morgan fingerprint density at radius 3 is 1.30 bits per heavy atom. The van der Waals surface area contributed by atoms with Gasteiger partial charge in [0.2, 0.25) is 0 Å². The molecule has 4 atom stereocenters. The molecule has 0 aliphatic heterocycles. The molecule has 20 heavy (non-hydrogen) atoms. The maximum atomic E-state index is 11.3. The zero-order valence-electron chi connectivity index (χ0n) is 9.04. The first kappa shape index (κ1) is 18.8. The summed E-state index contributed by atoms with van der Waals surface area (Å²) in [5, 5.41) is 17.8. The molecule has 0 radical (unpaired) electrons. The van der Waals surface area contributed by atoms with Crippen molar-refractivity contribution >= 4 is 94.0 Å². The van der Waals surface area contributed by atoms with Crippen LogP contribution in [0.4, 0.5) is 0 Å². The molecule has 11 heteroatoms. The second kappa shape index (κ2) is 5.12. The summed E-state index contributed by atoms with van der Waals surface area (Å²) in [5.74, 6) is -6.49. The summed E-state index contributed by atoms with van der Waals surface area (Å²) in [6, 6.07) is 0. The highest BCUT2D eigenvalue weighted by atomic mass is 35.5. The van der Waals surface area contributed by atoms with Crippen LogP contribution < -0.4 is 0 Å². The van der Waals surface area contributed by atoms with Gasteiger partial charge in [-0.15, -0.1) is 35.6 Å². The van der Waals surface area contributed by atoms with Gasteiger partial charge in [0.15, 0.2) is 4.33 Å². The van der Waals surface area contributed by atoms with E-state index in [1.807, 2.05) is 0 Å². The van der Waals surface area contributed by atoms with Crippen molar-refractivity contribution < 1.29 is 19.8 Å². The molecule has 2 bridgehead atoms. The summed E-state index contributed by atoms with van der Waals surface area (Å²) < 4.78 is -2.18. The first-order valence-electron chi connectivity index (χ1n) is 4.73. The summed E-state index contributed by atoms with van der Waals surface area (Å²) in [4.78, 5) is 18.5. The number of allylic oxidation sites excluding steroid dienone is 2. The van der Waals surface area contributed by atoms with Crippen molar-refractivity contribution in [1.29, 1.82) is 0 Å². The molecule has 2 N–H and O–H groups in total. The molecule has 2 rings (SSSR count). The van der Waals surface area contributed by atoms with Crippen molar-refractivity contribution in [3.63, 3.8) is 0 Å². The molecule has 1 saturated carbocycles. The highest BCUT2D eigenvalue weighted by molar-refractivity contribution is 6.66. The monoisotopic (exact) mass is 422 g/mol. The summed E-state index contributed by atoms with van der Waals surface area (Å²) in [7, 11) is 0. The fourth-order valence-electron chi connectivity index (χ4n) is 2.61. The minimum Gasteiger partial charge on any atom is -0.481 e. The number of alkyl halides is 4. The Balaban J connectivity index is 0.00000200. The van der Waals surface area contributed by atoms with Crippen LogP contribution in [-0.2, 0) is 9.59 Å². The predicted molar refractivity (Wildman–Crippen MR) is 79.8 cm³/mol. The van der Waals surface area contributed by atoms with Crippen molar-refractivity contribution in [2.45, 2.75) is 14.1 Å². The maximum Gasteiger partial charge on any atom is 0.309 e. The molecule has 0 spiro atoms. The third-order valence-electron chi connectivity index (χ3n) is 3.47. The highest BCUT2D eigenvalue weighted by Gasteiger charge is 2.85. The summed E-state index contributed by atoms with van der Waals surface area (Å²) in [6.07, 6.45) is 0. The van der Waals surface area contributed by atoms with Crippen LogP contribution in [0.2, 0.25) is 0 Å². The minimum absolute atomic E-state index is 0. The second-order valence-electron chi connectivity index (χ2n) is 4.26. The molecule has 4 unspecified atom stereocenters. The topological polar surface area (TPSA) is 74.6 Å². The molecular formula is C9H5Cl7O4. The number of hydrogen-bond donors (Lipinski definition) is 2. The van der Waals surface area contributed by atoms with E-state index in [1.165, 1.54) is 0 Å². The molecule has 0 aromatic carbocycles. The first-order chi connectivity index (χ1) is 8.45. The van der Waals surface area contributed by atoms with Gasteiger partial charge in [-0.05, 0) is 0 Å². The van der Waals surface area contributed by atoms with E-state index < -0.39 is 37.9 Å². The van der Waals surface area contributed by atoms with Gasteiger partial charge in [-0.2, -0.15) is 0 Å².